The summed E-state index contributed by atoms with van der Waals surface area (Å²) in [6.45, 7) is 5.18. The first-order valence-corrected chi connectivity index (χ1v) is 13.4. The molecule has 4 N–H and O–H groups in total. The highest BCUT2D eigenvalue weighted by Crippen LogP contribution is 2.40. The molecule has 0 aromatic heterocycles. The second kappa shape index (κ2) is 11.8. The number of ether oxygens (including phenoxy) is 1. The molecule has 9 heteroatoms. The number of amides is 3. The average molecular weight is 483 g/mol. The zero-order chi connectivity index (χ0) is 24.0. The first kappa shape index (κ1) is 26.1. The summed E-state index contributed by atoms with van der Waals surface area (Å²) in [6.07, 6.45) is 9.56. The van der Waals surface area contributed by atoms with Gasteiger partial charge in [-0.1, -0.05) is 12.8 Å². The zero-order valence-corrected chi connectivity index (χ0v) is 21.3. The summed E-state index contributed by atoms with van der Waals surface area (Å²) in [5.41, 5.74) is 5.99. The Morgan fingerprint density at radius 1 is 1.06 bits per heavy atom. The van der Waals surface area contributed by atoms with Crippen LogP contribution in [0.1, 0.15) is 78.1 Å². The van der Waals surface area contributed by atoms with Gasteiger partial charge in [0.1, 0.15) is 12.1 Å². The smallest absolute Gasteiger partial charge is 0.407 e. The van der Waals surface area contributed by atoms with Crippen molar-refractivity contribution in [3.63, 3.8) is 0 Å². The first-order chi connectivity index (χ1) is 15.7. The Kier molecular flexibility index (Phi) is 9.33. The lowest BCUT2D eigenvalue weighted by molar-refractivity contribution is -0.140. The van der Waals surface area contributed by atoms with Crippen molar-refractivity contribution >= 4 is 29.7 Å². The quantitative estimate of drug-likeness (QED) is 0.490. The number of nitrogens with zero attached hydrogens (tertiary/aromatic N) is 1. The van der Waals surface area contributed by atoms with E-state index in [2.05, 4.69) is 10.6 Å². The highest BCUT2D eigenvalue weighted by Gasteiger charge is 2.45. The topological polar surface area (TPSA) is 114 Å². The minimum absolute atomic E-state index is 0.0891. The molecule has 0 spiro atoms. The van der Waals surface area contributed by atoms with Crippen LogP contribution in [0, 0.1) is 5.92 Å². The maximum Gasteiger partial charge on any atom is 0.407 e. The molecule has 2 aliphatic carbocycles. The number of carbonyl (C=O) groups is 3. The minimum Gasteiger partial charge on any atom is -0.453 e. The number of thioether (sulfide) groups is 1. The highest BCUT2D eigenvalue weighted by molar-refractivity contribution is 8.01. The predicted octanol–water partition coefficient (Wildman–Crippen LogP) is 2.79. The van der Waals surface area contributed by atoms with Crippen molar-refractivity contribution in [2.75, 3.05) is 20.2 Å². The van der Waals surface area contributed by atoms with Gasteiger partial charge in [0.15, 0.2) is 0 Å². The van der Waals surface area contributed by atoms with E-state index in [1.165, 1.54) is 20.0 Å². The molecule has 2 atom stereocenters. The second-order valence-electron chi connectivity index (χ2n) is 10.4. The number of rotatable bonds is 8. The lowest BCUT2D eigenvalue weighted by Crippen LogP contribution is -2.60. The van der Waals surface area contributed by atoms with Gasteiger partial charge in [-0.25, -0.2) is 4.79 Å². The maximum absolute atomic E-state index is 13.7. The van der Waals surface area contributed by atoms with E-state index < -0.39 is 22.9 Å². The predicted molar refractivity (Wildman–Crippen MR) is 131 cm³/mol. The second-order valence-corrected chi connectivity index (χ2v) is 12.4. The van der Waals surface area contributed by atoms with Crippen molar-refractivity contribution in [3.05, 3.63) is 0 Å². The van der Waals surface area contributed by atoms with Crippen molar-refractivity contribution in [3.8, 4) is 0 Å². The van der Waals surface area contributed by atoms with Crippen LogP contribution in [0.3, 0.4) is 0 Å². The normalized spacial score (nSPS) is 27.3. The molecule has 3 rings (SSSR count). The molecule has 0 aromatic rings. The van der Waals surface area contributed by atoms with Crippen molar-refractivity contribution < 1.29 is 19.1 Å². The van der Waals surface area contributed by atoms with Crippen LogP contribution in [-0.4, -0.2) is 71.1 Å². The van der Waals surface area contributed by atoms with Crippen LogP contribution in [0.25, 0.3) is 0 Å². The van der Waals surface area contributed by atoms with Gasteiger partial charge in [0.25, 0.3) is 0 Å². The third-order valence-electron chi connectivity index (χ3n) is 7.46. The Bertz CT molecular complexity index is 690. The van der Waals surface area contributed by atoms with E-state index in [1.807, 2.05) is 13.8 Å². The molecule has 1 saturated heterocycles. The van der Waals surface area contributed by atoms with E-state index in [0.29, 0.717) is 30.7 Å². The van der Waals surface area contributed by atoms with E-state index in [4.69, 9.17) is 10.5 Å². The summed E-state index contributed by atoms with van der Waals surface area (Å²) in [5.74, 6) is 0.167. The summed E-state index contributed by atoms with van der Waals surface area (Å²) >= 11 is 1.77. The van der Waals surface area contributed by atoms with Crippen molar-refractivity contribution in [1.82, 2.24) is 15.5 Å². The number of methoxy groups -OCH3 is 1. The number of hydrogen-bond acceptors (Lipinski definition) is 6. The average Bonchev–Trinajstić information content (AvgIpc) is 3.48. The number of nitrogens with one attached hydrogen (secondary N) is 2. The zero-order valence-electron chi connectivity index (χ0n) is 20.4. The molecule has 3 aliphatic rings. The molecule has 8 nitrogen and oxygen atoms in total. The molecule has 33 heavy (non-hydrogen) atoms. The standard InChI is InChI=1S/C24H42N4O4S/c1-24(2,33-18-7-4-5-8-18)20(27-23(31)32-3)22(30)28-14-6-9-19(28)21(29)26-15-16-10-12-17(25)13-11-16/h16-20H,4-15,25H2,1-3H3,(H,26,29)(H,27,31)/t16?,17?,19-,20-/m0/s1. The molecule has 0 radical (unpaired) electrons. The fraction of sp³-hybridized carbons (Fsp3) is 0.875. The van der Waals surface area contributed by atoms with Crippen LogP contribution < -0.4 is 16.4 Å². The largest absolute Gasteiger partial charge is 0.453 e. The molecular weight excluding hydrogens is 440 g/mol. The van der Waals surface area contributed by atoms with Gasteiger partial charge in [-0.05, 0) is 71.1 Å². The van der Waals surface area contributed by atoms with Crippen LogP contribution in [0.15, 0.2) is 0 Å². The molecule has 3 fully saturated rings. The molecule has 2 saturated carbocycles. The van der Waals surface area contributed by atoms with Gasteiger partial charge in [-0.15, -0.1) is 11.8 Å². The van der Waals surface area contributed by atoms with Crippen LogP contribution in [-0.2, 0) is 14.3 Å². The van der Waals surface area contributed by atoms with Crippen LogP contribution in [0.2, 0.25) is 0 Å². The first-order valence-electron chi connectivity index (χ1n) is 12.6. The number of hydrogen-bond donors (Lipinski definition) is 3. The Morgan fingerprint density at radius 2 is 1.73 bits per heavy atom. The lowest BCUT2D eigenvalue weighted by Gasteiger charge is -2.38. The Morgan fingerprint density at radius 3 is 2.36 bits per heavy atom. The maximum atomic E-state index is 13.7. The highest BCUT2D eigenvalue weighted by atomic mass is 32.2. The fourth-order valence-corrected chi connectivity index (χ4v) is 7.16. The van der Waals surface area contributed by atoms with E-state index in [0.717, 1.165) is 44.9 Å². The van der Waals surface area contributed by atoms with Crippen LogP contribution in [0.5, 0.6) is 0 Å². The fourth-order valence-electron chi connectivity index (χ4n) is 5.44. The van der Waals surface area contributed by atoms with Gasteiger partial charge in [-0.3, -0.25) is 9.59 Å². The van der Waals surface area contributed by atoms with E-state index >= 15 is 0 Å². The molecule has 1 aliphatic heterocycles. The molecular formula is C24H42N4O4S. The van der Waals surface area contributed by atoms with Gasteiger partial charge in [0.2, 0.25) is 11.8 Å². The number of likely N-dealkylation sites (tertiary alicyclic amines) is 1. The Hall–Kier alpha value is -1.48. The van der Waals surface area contributed by atoms with E-state index in [9.17, 15) is 14.4 Å². The summed E-state index contributed by atoms with van der Waals surface area (Å²) in [5, 5.41) is 6.36. The molecule has 1 heterocycles. The van der Waals surface area contributed by atoms with E-state index in [1.54, 1.807) is 16.7 Å². The van der Waals surface area contributed by atoms with Gasteiger partial charge in [-0.2, -0.15) is 0 Å². The molecule has 0 bridgehead atoms. The van der Waals surface area contributed by atoms with E-state index in [-0.39, 0.29) is 17.9 Å². The van der Waals surface area contributed by atoms with Crippen molar-refractivity contribution in [2.24, 2.45) is 11.7 Å². The SMILES string of the molecule is COC(=O)N[C@@H](C(=O)N1CCC[C@H]1C(=O)NCC1CCC(N)CC1)C(C)(C)SC1CCCC1. The summed E-state index contributed by atoms with van der Waals surface area (Å²) in [7, 11) is 1.30. The van der Waals surface area contributed by atoms with Crippen molar-refractivity contribution in [2.45, 2.75) is 106 Å². The third-order valence-corrected chi connectivity index (χ3v) is 9.11. The summed E-state index contributed by atoms with van der Waals surface area (Å²) in [6, 6.07) is -0.967. The third kappa shape index (κ3) is 7.01. The monoisotopic (exact) mass is 482 g/mol. The van der Waals surface area contributed by atoms with Crippen LogP contribution >= 0.6 is 11.8 Å². The number of alkyl carbamates (subject to hydrolysis) is 1. The molecule has 3 amide bonds. The van der Waals surface area contributed by atoms with Gasteiger partial charge in [0.05, 0.1) is 7.11 Å². The minimum atomic E-state index is -0.760. The summed E-state index contributed by atoms with van der Waals surface area (Å²) in [4.78, 5) is 40.6. The van der Waals surface area contributed by atoms with Crippen molar-refractivity contribution in [1.29, 1.82) is 0 Å². The lowest BCUT2D eigenvalue weighted by atomic mass is 9.86. The van der Waals surface area contributed by atoms with Crippen LogP contribution in [0.4, 0.5) is 4.79 Å². The van der Waals surface area contributed by atoms with Gasteiger partial charge in [0, 0.05) is 29.1 Å². The number of carbonyl (C=O) groups excluding carboxylic acids is 3. The molecule has 0 aromatic carbocycles. The molecule has 0 unspecified atom stereocenters. The Labute approximate surface area is 202 Å². The van der Waals surface area contributed by atoms with Gasteiger partial charge >= 0.3 is 6.09 Å². The summed E-state index contributed by atoms with van der Waals surface area (Å²) < 4.78 is 4.30. The Balaban J connectivity index is 1.65. The van der Waals surface area contributed by atoms with Gasteiger partial charge < -0.3 is 26.0 Å². The molecule has 188 valence electrons. The number of nitrogens with two attached hydrogens (primary N) is 1.